The van der Waals surface area contributed by atoms with Gasteiger partial charge >= 0.3 is 0 Å². The molecule has 3 aromatic rings. The molecular formula is C20H19NO3S2. The topological polar surface area (TPSA) is 55.7 Å². The van der Waals surface area contributed by atoms with E-state index in [2.05, 4.69) is 4.40 Å². The first-order valence-corrected chi connectivity index (χ1v) is 10.5. The first kappa shape index (κ1) is 18.4. The van der Waals surface area contributed by atoms with Crippen LogP contribution in [0.15, 0.2) is 80.7 Å². The summed E-state index contributed by atoms with van der Waals surface area (Å²) in [5.41, 5.74) is 2.92. The van der Waals surface area contributed by atoms with Crippen LogP contribution in [0.2, 0.25) is 0 Å². The molecule has 3 rings (SSSR count). The van der Waals surface area contributed by atoms with Gasteiger partial charge in [0.2, 0.25) is 5.90 Å². The van der Waals surface area contributed by atoms with Gasteiger partial charge in [-0.3, -0.25) is 0 Å². The highest BCUT2D eigenvalue weighted by atomic mass is 32.2. The molecule has 0 aliphatic carbocycles. The quantitative estimate of drug-likeness (QED) is 0.460. The summed E-state index contributed by atoms with van der Waals surface area (Å²) in [6.45, 7) is 2.18. The van der Waals surface area contributed by atoms with E-state index in [1.807, 2.05) is 54.1 Å². The molecular weight excluding hydrogens is 366 g/mol. The second-order valence-electron chi connectivity index (χ2n) is 5.86. The van der Waals surface area contributed by atoms with Gasteiger partial charge in [0.25, 0.3) is 10.0 Å². The zero-order chi connectivity index (χ0) is 18.4. The Hall–Kier alpha value is -2.44. The number of ether oxygens (including phenoxy) is 1. The van der Waals surface area contributed by atoms with E-state index in [-0.39, 0.29) is 17.4 Å². The highest BCUT2D eigenvalue weighted by molar-refractivity contribution is 7.90. The number of aryl methyl sites for hydroxylation is 1. The maximum Gasteiger partial charge on any atom is 0.285 e. The van der Waals surface area contributed by atoms with E-state index in [0.717, 1.165) is 16.7 Å². The van der Waals surface area contributed by atoms with Crippen LogP contribution in [0.4, 0.5) is 0 Å². The van der Waals surface area contributed by atoms with Crippen molar-refractivity contribution in [3.05, 3.63) is 88.1 Å². The molecule has 1 aromatic heterocycles. The van der Waals surface area contributed by atoms with Crippen LogP contribution in [0.1, 0.15) is 16.7 Å². The van der Waals surface area contributed by atoms with Gasteiger partial charge in [-0.15, -0.1) is 4.40 Å². The lowest BCUT2D eigenvalue weighted by Crippen LogP contribution is -2.12. The lowest BCUT2D eigenvalue weighted by Gasteiger charge is -2.09. The summed E-state index contributed by atoms with van der Waals surface area (Å²) in [7, 11) is -3.82. The van der Waals surface area contributed by atoms with E-state index >= 15 is 0 Å². The molecule has 0 saturated heterocycles. The normalized spacial score (nSPS) is 12.1. The SMILES string of the molecule is Cc1ccc(S(=O)(=O)/N=C(\Cc2ccsc2)OCc2ccccc2)cc1. The largest absolute Gasteiger partial charge is 0.475 e. The fraction of sp³-hybridized carbons (Fsp3) is 0.150. The first-order valence-electron chi connectivity index (χ1n) is 8.11. The number of sulfonamides is 1. The second kappa shape index (κ2) is 8.29. The van der Waals surface area contributed by atoms with Crippen LogP contribution in [0, 0.1) is 6.92 Å². The Morgan fingerprint density at radius 2 is 1.73 bits per heavy atom. The van der Waals surface area contributed by atoms with Gasteiger partial charge in [0.05, 0.1) is 11.3 Å². The Balaban J connectivity index is 1.85. The number of thiophene rings is 1. The van der Waals surface area contributed by atoms with E-state index in [1.165, 1.54) is 0 Å². The summed E-state index contributed by atoms with van der Waals surface area (Å²) < 4.78 is 35.0. The molecule has 2 aromatic carbocycles. The van der Waals surface area contributed by atoms with E-state index < -0.39 is 10.0 Å². The van der Waals surface area contributed by atoms with Crippen molar-refractivity contribution in [2.45, 2.75) is 24.8 Å². The van der Waals surface area contributed by atoms with Gasteiger partial charge in [-0.1, -0.05) is 48.0 Å². The number of nitrogens with zero attached hydrogens (tertiary/aromatic N) is 1. The molecule has 4 nitrogen and oxygen atoms in total. The smallest absolute Gasteiger partial charge is 0.285 e. The van der Waals surface area contributed by atoms with Gasteiger partial charge in [0.1, 0.15) is 6.61 Å². The zero-order valence-corrected chi connectivity index (χ0v) is 16.0. The molecule has 0 bridgehead atoms. The number of benzene rings is 2. The highest BCUT2D eigenvalue weighted by Crippen LogP contribution is 2.16. The minimum Gasteiger partial charge on any atom is -0.475 e. The van der Waals surface area contributed by atoms with Crippen molar-refractivity contribution in [3.63, 3.8) is 0 Å². The number of hydrogen-bond acceptors (Lipinski definition) is 4. The summed E-state index contributed by atoms with van der Waals surface area (Å²) in [6.07, 6.45) is 0.335. The molecule has 0 spiro atoms. The molecule has 0 unspecified atom stereocenters. The highest BCUT2D eigenvalue weighted by Gasteiger charge is 2.16. The molecule has 0 radical (unpaired) electrons. The van der Waals surface area contributed by atoms with Gasteiger partial charge in [-0.2, -0.15) is 19.8 Å². The van der Waals surface area contributed by atoms with Crippen LogP contribution in [-0.2, 0) is 27.8 Å². The Labute approximate surface area is 157 Å². The molecule has 0 aliphatic rings. The van der Waals surface area contributed by atoms with Crippen molar-refractivity contribution in [1.82, 2.24) is 0 Å². The van der Waals surface area contributed by atoms with Gasteiger partial charge in [0.15, 0.2) is 0 Å². The lowest BCUT2D eigenvalue weighted by molar-refractivity contribution is 0.286. The molecule has 1 heterocycles. The minimum atomic E-state index is -3.82. The van der Waals surface area contributed by atoms with E-state index in [0.29, 0.717) is 6.42 Å². The monoisotopic (exact) mass is 385 g/mol. The predicted molar refractivity (Wildman–Crippen MR) is 105 cm³/mol. The molecule has 134 valence electrons. The molecule has 0 aliphatic heterocycles. The second-order valence-corrected chi connectivity index (χ2v) is 8.24. The van der Waals surface area contributed by atoms with E-state index in [4.69, 9.17) is 4.74 Å². The molecule has 26 heavy (non-hydrogen) atoms. The Morgan fingerprint density at radius 3 is 2.38 bits per heavy atom. The van der Waals surface area contributed by atoms with Crippen LogP contribution in [-0.4, -0.2) is 14.3 Å². The third kappa shape index (κ3) is 5.03. The van der Waals surface area contributed by atoms with Crippen LogP contribution < -0.4 is 0 Å². The summed E-state index contributed by atoms with van der Waals surface area (Å²) in [5, 5.41) is 3.90. The van der Waals surface area contributed by atoms with Gasteiger partial charge < -0.3 is 4.74 Å². The van der Waals surface area contributed by atoms with Gasteiger partial charge in [0, 0.05) is 0 Å². The van der Waals surface area contributed by atoms with Gasteiger partial charge in [-0.05, 0) is 47.0 Å². The first-order chi connectivity index (χ1) is 12.5. The fourth-order valence-electron chi connectivity index (χ4n) is 2.32. The number of hydrogen-bond donors (Lipinski definition) is 0. The number of rotatable bonds is 6. The van der Waals surface area contributed by atoms with Crippen molar-refractivity contribution in [2.75, 3.05) is 0 Å². The summed E-state index contributed by atoms with van der Waals surface area (Å²) >= 11 is 1.55. The Morgan fingerprint density at radius 1 is 1.00 bits per heavy atom. The average Bonchev–Trinajstić information content (AvgIpc) is 3.14. The Kier molecular flexibility index (Phi) is 5.85. The van der Waals surface area contributed by atoms with E-state index in [9.17, 15) is 8.42 Å². The summed E-state index contributed by atoms with van der Waals surface area (Å²) in [6, 6.07) is 18.2. The van der Waals surface area contributed by atoms with Crippen molar-refractivity contribution >= 4 is 27.3 Å². The predicted octanol–water partition coefficient (Wildman–Crippen LogP) is 4.60. The maximum absolute atomic E-state index is 12.6. The zero-order valence-electron chi connectivity index (χ0n) is 14.3. The molecule has 0 saturated carbocycles. The summed E-state index contributed by atoms with van der Waals surface area (Å²) in [5.74, 6) is 0.188. The summed E-state index contributed by atoms with van der Waals surface area (Å²) in [4.78, 5) is 0.161. The van der Waals surface area contributed by atoms with Gasteiger partial charge in [-0.25, -0.2) is 0 Å². The van der Waals surface area contributed by atoms with Crippen molar-refractivity contribution in [1.29, 1.82) is 0 Å². The molecule has 0 N–H and O–H groups in total. The van der Waals surface area contributed by atoms with Crippen LogP contribution in [0.3, 0.4) is 0 Å². The van der Waals surface area contributed by atoms with Crippen molar-refractivity contribution in [2.24, 2.45) is 4.40 Å². The third-order valence-electron chi connectivity index (χ3n) is 3.72. The lowest BCUT2D eigenvalue weighted by atomic mass is 10.2. The average molecular weight is 386 g/mol. The standard InChI is InChI=1S/C20H19NO3S2/c1-16-7-9-19(10-8-16)26(22,23)21-20(13-18-11-12-25-15-18)24-14-17-5-3-2-4-6-17/h2-12,15H,13-14H2,1H3/b21-20+. The van der Waals surface area contributed by atoms with Crippen LogP contribution in [0.25, 0.3) is 0 Å². The molecule has 0 atom stereocenters. The molecule has 0 fully saturated rings. The fourth-order valence-corrected chi connectivity index (χ4v) is 3.95. The van der Waals surface area contributed by atoms with Crippen LogP contribution in [0.5, 0.6) is 0 Å². The van der Waals surface area contributed by atoms with Crippen molar-refractivity contribution < 1.29 is 13.2 Å². The maximum atomic E-state index is 12.6. The molecule has 0 amide bonds. The third-order valence-corrected chi connectivity index (χ3v) is 5.77. The minimum absolute atomic E-state index is 0.161. The van der Waals surface area contributed by atoms with Crippen LogP contribution >= 0.6 is 11.3 Å². The molecule has 6 heteroatoms. The van der Waals surface area contributed by atoms with Crippen molar-refractivity contribution in [3.8, 4) is 0 Å². The Bertz CT molecular complexity index is 962. The van der Waals surface area contributed by atoms with E-state index in [1.54, 1.807) is 35.6 Å².